The van der Waals surface area contributed by atoms with E-state index in [0.717, 1.165) is 36.0 Å². The minimum atomic E-state index is 0. The summed E-state index contributed by atoms with van der Waals surface area (Å²) in [6.07, 6.45) is 2.17. The lowest BCUT2D eigenvalue weighted by molar-refractivity contribution is 0.0798. The summed E-state index contributed by atoms with van der Waals surface area (Å²) in [6.45, 7) is 1.68. The molecule has 1 aliphatic heterocycles. The minimum absolute atomic E-state index is 0. The fourth-order valence-corrected chi connectivity index (χ4v) is 3.81. The lowest BCUT2D eigenvalue weighted by atomic mass is 10.2. The molecule has 2 aromatic rings. The van der Waals surface area contributed by atoms with Gasteiger partial charge >= 0.3 is 0 Å². The van der Waals surface area contributed by atoms with Crippen molar-refractivity contribution in [1.29, 1.82) is 0 Å². The lowest BCUT2D eigenvalue weighted by Crippen LogP contribution is -2.26. The molecule has 102 valence electrons. The van der Waals surface area contributed by atoms with Gasteiger partial charge in [-0.15, -0.1) is 23.7 Å². The van der Waals surface area contributed by atoms with Gasteiger partial charge in [-0.05, 0) is 31.0 Å². The number of carbonyl (C=O) groups is 1. The Morgan fingerprint density at radius 3 is 2.68 bits per heavy atom. The maximum Gasteiger partial charge on any atom is 0.265 e. The maximum absolute atomic E-state index is 12.3. The average Bonchev–Trinajstić information content (AvgIpc) is 2.97. The molecule has 0 bridgehead atoms. The van der Waals surface area contributed by atoms with Crippen LogP contribution in [0.1, 0.15) is 22.5 Å². The van der Waals surface area contributed by atoms with Crippen molar-refractivity contribution >= 4 is 57.0 Å². The van der Waals surface area contributed by atoms with Crippen LogP contribution in [0.5, 0.6) is 0 Å². The van der Waals surface area contributed by atoms with E-state index < -0.39 is 0 Å². The number of rotatable bonds is 1. The quantitative estimate of drug-likeness (QED) is 0.813. The number of nitrogens with two attached hydrogens (primary N) is 1. The van der Waals surface area contributed by atoms with Crippen molar-refractivity contribution in [2.24, 2.45) is 0 Å². The highest BCUT2D eigenvalue weighted by atomic mass is 35.5. The van der Waals surface area contributed by atoms with Crippen LogP contribution in [-0.4, -0.2) is 23.9 Å². The molecule has 1 aromatic heterocycles. The SMILES string of the molecule is Cl.Nc1ccc2c(Cl)c(C(=O)N3CCCC3)sc2c1. The molecule has 0 radical (unpaired) electrons. The normalized spacial score (nSPS) is 14.7. The summed E-state index contributed by atoms with van der Waals surface area (Å²) < 4.78 is 0.975. The summed E-state index contributed by atoms with van der Waals surface area (Å²) in [5.74, 6) is 0.0530. The van der Waals surface area contributed by atoms with E-state index >= 15 is 0 Å². The summed E-state index contributed by atoms with van der Waals surface area (Å²) in [5, 5.41) is 1.48. The van der Waals surface area contributed by atoms with Crippen LogP contribution < -0.4 is 5.73 Å². The van der Waals surface area contributed by atoms with E-state index in [9.17, 15) is 4.79 Å². The van der Waals surface area contributed by atoms with Crippen LogP contribution >= 0.6 is 35.3 Å². The van der Waals surface area contributed by atoms with Crippen molar-refractivity contribution in [3.8, 4) is 0 Å². The second kappa shape index (κ2) is 5.57. The highest BCUT2D eigenvalue weighted by molar-refractivity contribution is 7.21. The van der Waals surface area contributed by atoms with Gasteiger partial charge in [-0.2, -0.15) is 0 Å². The first kappa shape index (κ1) is 14.4. The molecular weight excluding hydrogens is 303 g/mol. The van der Waals surface area contributed by atoms with Crippen molar-refractivity contribution in [1.82, 2.24) is 4.90 Å². The van der Waals surface area contributed by atoms with Gasteiger partial charge in [-0.25, -0.2) is 0 Å². The van der Waals surface area contributed by atoms with Gasteiger partial charge in [0, 0.05) is 28.9 Å². The highest BCUT2D eigenvalue weighted by Gasteiger charge is 2.24. The Hall–Kier alpha value is -0.970. The zero-order chi connectivity index (χ0) is 12.7. The smallest absolute Gasteiger partial charge is 0.265 e. The van der Waals surface area contributed by atoms with Crippen LogP contribution in [0.2, 0.25) is 5.02 Å². The predicted molar refractivity (Wildman–Crippen MR) is 83.6 cm³/mol. The summed E-state index contributed by atoms with van der Waals surface area (Å²) in [4.78, 5) is 14.9. The van der Waals surface area contributed by atoms with Crippen LogP contribution in [-0.2, 0) is 0 Å². The summed E-state index contributed by atoms with van der Waals surface area (Å²) >= 11 is 7.73. The number of hydrogen-bond acceptors (Lipinski definition) is 3. The molecule has 0 aliphatic carbocycles. The monoisotopic (exact) mass is 316 g/mol. The molecule has 1 aliphatic rings. The largest absolute Gasteiger partial charge is 0.399 e. The zero-order valence-electron chi connectivity index (χ0n) is 10.2. The van der Waals surface area contributed by atoms with Crippen LogP contribution in [0.15, 0.2) is 18.2 Å². The van der Waals surface area contributed by atoms with Crippen molar-refractivity contribution in [2.75, 3.05) is 18.8 Å². The molecule has 2 N–H and O–H groups in total. The number of amides is 1. The Balaban J connectivity index is 0.00000133. The van der Waals surface area contributed by atoms with Gasteiger partial charge < -0.3 is 10.6 Å². The first-order chi connectivity index (χ1) is 8.66. The maximum atomic E-state index is 12.3. The number of carbonyl (C=O) groups excluding carboxylic acids is 1. The number of fused-ring (bicyclic) bond motifs is 1. The molecule has 0 spiro atoms. The van der Waals surface area contributed by atoms with Gasteiger partial charge in [0.25, 0.3) is 5.91 Å². The molecule has 0 atom stereocenters. The topological polar surface area (TPSA) is 46.3 Å². The molecular formula is C13H14Cl2N2OS. The van der Waals surface area contributed by atoms with Crippen molar-refractivity contribution < 1.29 is 4.79 Å². The first-order valence-electron chi connectivity index (χ1n) is 5.93. The van der Waals surface area contributed by atoms with Crippen molar-refractivity contribution in [2.45, 2.75) is 12.8 Å². The first-order valence-corrected chi connectivity index (χ1v) is 7.13. The zero-order valence-corrected chi connectivity index (χ0v) is 12.6. The van der Waals surface area contributed by atoms with Gasteiger partial charge in [-0.3, -0.25) is 4.79 Å². The molecule has 1 fully saturated rings. The van der Waals surface area contributed by atoms with Crippen LogP contribution in [0, 0.1) is 0 Å². The molecule has 2 heterocycles. The lowest BCUT2D eigenvalue weighted by Gasteiger charge is -2.13. The number of hydrogen-bond donors (Lipinski definition) is 1. The highest BCUT2D eigenvalue weighted by Crippen LogP contribution is 2.37. The van der Waals surface area contributed by atoms with E-state index in [2.05, 4.69) is 0 Å². The molecule has 3 nitrogen and oxygen atoms in total. The molecule has 1 amide bonds. The van der Waals surface area contributed by atoms with E-state index in [1.54, 1.807) is 0 Å². The second-order valence-corrected chi connectivity index (χ2v) is 5.93. The Labute approximate surface area is 126 Å². The Kier molecular flexibility index (Phi) is 4.23. The molecule has 0 unspecified atom stereocenters. The van der Waals surface area contributed by atoms with Crippen LogP contribution in [0.25, 0.3) is 10.1 Å². The van der Waals surface area contributed by atoms with E-state index in [-0.39, 0.29) is 18.3 Å². The molecule has 19 heavy (non-hydrogen) atoms. The minimum Gasteiger partial charge on any atom is -0.399 e. The van der Waals surface area contributed by atoms with Gasteiger partial charge in [0.05, 0.1) is 5.02 Å². The van der Waals surface area contributed by atoms with E-state index in [0.29, 0.717) is 15.6 Å². The Bertz CT molecular complexity index is 620. The Morgan fingerprint density at radius 2 is 2.00 bits per heavy atom. The van der Waals surface area contributed by atoms with Gasteiger partial charge in [-0.1, -0.05) is 11.6 Å². The predicted octanol–water partition coefficient (Wildman–Crippen LogP) is 3.79. The summed E-state index contributed by atoms with van der Waals surface area (Å²) in [6, 6.07) is 5.56. The molecule has 0 saturated carbocycles. The molecule has 1 saturated heterocycles. The Morgan fingerprint density at radius 1 is 1.32 bits per heavy atom. The van der Waals surface area contributed by atoms with E-state index in [1.165, 1.54) is 11.3 Å². The van der Waals surface area contributed by atoms with Gasteiger partial charge in [0.1, 0.15) is 4.88 Å². The summed E-state index contributed by atoms with van der Waals surface area (Å²) in [5.41, 5.74) is 6.44. The van der Waals surface area contributed by atoms with Gasteiger partial charge in [0.2, 0.25) is 0 Å². The molecule has 1 aromatic carbocycles. The van der Waals surface area contributed by atoms with Crippen LogP contribution in [0.3, 0.4) is 0 Å². The molecule has 6 heteroatoms. The third kappa shape index (κ3) is 2.53. The average molecular weight is 317 g/mol. The van der Waals surface area contributed by atoms with Crippen molar-refractivity contribution in [3.05, 3.63) is 28.1 Å². The number of halogens is 2. The third-order valence-electron chi connectivity index (χ3n) is 3.24. The molecule has 3 rings (SSSR count). The van der Waals surface area contributed by atoms with E-state index in [4.69, 9.17) is 17.3 Å². The fraction of sp³-hybridized carbons (Fsp3) is 0.308. The standard InChI is InChI=1S/C13H13ClN2OS.ClH/c14-11-9-4-3-8(15)7-10(9)18-12(11)13(17)16-5-1-2-6-16;/h3-4,7H,1-2,5-6,15H2;1H. The fourth-order valence-electron chi connectivity index (χ4n) is 2.28. The summed E-state index contributed by atoms with van der Waals surface area (Å²) in [7, 11) is 0. The second-order valence-electron chi connectivity index (χ2n) is 4.50. The number of nitrogen functional groups attached to an aromatic ring is 1. The van der Waals surface area contributed by atoms with E-state index in [1.807, 2.05) is 23.1 Å². The van der Waals surface area contributed by atoms with Crippen LogP contribution in [0.4, 0.5) is 5.69 Å². The van der Waals surface area contributed by atoms with Crippen molar-refractivity contribution in [3.63, 3.8) is 0 Å². The number of anilines is 1. The number of benzene rings is 1. The number of nitrogens with zero attached hydrogens (tertiary/aromatic N) is 1. The number of likely N-dealkylation sites (tertiary alicyclic amines) is 1. The third-order valence-corrected chi connectivity index (χ3v) is 4.89. The van der Waals surface area contributed by atoms with Gasteiger partial charge in [0.15, 0.2) is 0 Å². The number of thiophene rings is 1.